The number of hydrogen-bond donors (Lipinski definition) is 1. The van der Waals surface area contributed by atoms with Gasteiger partial charge in [-0.2, -0.15) is 0 Å². The van der Waals surface area contributed by atoms with E-state index in [2.05, 4.69) is 0 Å². The number of para-hydroxylation sites is 1. The minimum absolute atomic E-state index is 0.0481. The van der Waals surface area contributed by atoms with Crippen LogP contribution < -0.4 is 4.90 Å². The first kappa shape index (κ1) is 17.9. The van der Waals surface area contributed by atoms with Gasteiger partial charge >= 0.3 is 5.97 Å². The molecule has 134 valence electrons. The van der Waals surface area contributed by atoms with Gasteiger partial charge in [0.1, 0.15) is 5.70 Å². The van der Waals surface area contributed by atoms with Crippen LogP contribution in [0.4, 0.5) is 5.69 Å². The molecule has 1 aromatic carbocycles. The van der Waals surface area contributed by atoms with Gasteiger partial charge < -0.3 is 14.9 Å². The van der Waals surface area contributed by atoms with Gasteiger partial charge in [0, 0.05) is 31.1 Å². The molecule has 0 radical (unpaired) electrons. The Balaban J connectivity index is 1.90. The molecule has 0 saturated carbocycles. The second-order valence-corrected chi connectivity index (χ2v) is 6.19. The van der Waals surface area contributed by atoms with E-state index >= 15 is 0 Å². The highest BCUT2D eigenvalue weighted by molar-refractivity contribution is 7.80. The number of carbonyl (C=O) groups excluding carboxylic acids is 1. The van der Waals surface area contributed by atoms with Crippen molar-refractivity contribution in [2.24, 2.45) is 0 Å². The first-order valence-corrected chi connectivity index (χ1v) is 8.73. The molecular weight excluding hydrogens is 350 g/mol. The molecule has 0 unspecified atom stereocenters. The van der Waals surface area contributed by atoms with Crippen LogP contribution >= 0.6 is 12.2 Å². The summed E-state index contributed by atoms with van der Waals surface area (Å²) in [5, 5.41) is 9.24. The smallest absolute Gasteiger partial charge is 0.305 e. The van der Waals surface area contributed by atoms with Gasteiger partial charge in [-0.05, 0) is 43.4 Å². The lowest BCUT2D eigenvalue weighted by atomic mass is 10.1. The summed E-state index contributed by atoms with van der Waals surface area (Å²) in [6, 6.07) is 9.33. The number of aliphatic carboxylic acids is 1. The quantitative estimate of drug-likeness (QED) is 0.636. The Kier molecular flexibility index (Phi) is 5.18. The van der Waals surface area contributed by atoms with Gasteiger partial charge in [-0.3, -0.25) is 14.5 Å². The molecule has 1 fully saturated rings. The largest absolute Gasteiger partial charge is 0.481 e. The number of nitrogens with zero attached hydrogens (tertiary/aromatic N) is 3. The summed E-state index contributed by atoms with van der Waals surface area (Å²) in [7, 11) is 0. The zero-order valence-electron chi connectivity index (χ0n) is 14.3. The maximum Gasteiger partial charge on any atom is 0.305 e. The van der Waals surface area contributed by atoms with Crippen molar-refractivity contribution in [2.45, 2.75) is 13.3 Å². The molecule has 6 nitrogen and oxygen atoms in total. The molecule has 1 saturated heterocycles. The van der Waals surface area contributed by atoms with E-state index in [1.807, 2.05) is 54.3 Å². The number of amides is 1. The topological polar surface area (TPSA) is 64.1 Å². The van der Waals surface area contributed by atoms with Crippen molar-refractivity contribution in [2.75, 3.05) is 18.0 Å². The number of benzene rings is 1. The second kappa shape index (κ2) is 7.53. The standard InChI is InChI=1S/C19H19N3O3S/c1-2-21-17(14-8-11-20(12-9-14)13-10-16(23)24)18(25)22(19(21)26)15-6-4-3-5-7-15/h3-9,11-12H,2,10,13H2,1H3,(H,23,24). The van der Waals surface area contributed by atoms with E-state index in [9.17, 15) is 9.59 Å². The summed E-state index contributed by atoms with van der Waals surface area (Å²) in [5.74, 6) is -1.01. The Morgan fingerprint density at radius 2 is 1.81 bits per heavy atom. The fourth-order valence-electron chi connectivity index (χ4n) is 2.89. The van der Waals surface area contributed by atoms with Crippen LogP contribution in [0.1, 0.15) is 13.3 Å². The van der Waals surface area contributed by atoms with Crippen molar-refractivity contribution in [1.29, 1.82) is 0 Å². The van der Waals surface area contributed by atoms with Crippen LogP contribution in [-0.4, -0.2) is 45.0 Å². The van der Waals surface area contributed by atoms with E-state index in [0.717, 1.165) is 11.3 Å². The van der Waals surface area contributed by atoms with Crippen molar-refractivity contribution < 1.29 is 14.7 Å². The minimum atomic E-state index is -0.845. The van der Waals surface area contributed by atoms with Crippen molar-refractivity contribution >= 4 is 34.9 Å². The van der Waals surface area contributed by atoms with Gasteiger partial charge in [-0.1, -0.05) is 18.2 Å². The molecule has 1 aromatic rings. The van der Waals surface area contributed by atoms with Gasteiger partial charge in [0.05, 0.1) is 12.1 Å². The highest BCUT2D eigenvalue weighted by atomic mass is 32.1. The summed E-state index contributed by atoms with van der Waals surface area (Å²) >= 11 is 5.53. The van der Waals surface area contributed by atoms with E-state index in [-0.39, 0.29) is 12.3 Å². The molecule has 1 amide bonds. The Hall–Kier alpha value is -2.93. The molecule has 2 heterocycles. The number of carbonyl (C=O) groups is 2. The number of allylic oxidation sites excluding steroid dienone is 3. The number of likely N-dealkylation sites (N-methyl/N-ethyl adjacent to an activating group) is 1. The fraction of sp³-hybridized carbons (Fsp3) is 0.211. The number of anilines is 1. The van der Waals surface area contributed by atoms with Gasteiger partial charge in [0.2, 0.25) is 0 Å². The van der Waals surface area contributed by atoms with E-state index in [4.69, 9.17) is 17.3 Å². The molecule has 0 aromatic heterocycles. The number of thiocarbonyl (C=S) groups is 1. The highest BCUT2D eigenvalue weighted by Crippen LogP contribution is 2.30. The van der Waals surface area contributed by atoms with Crippen molar-refractivity contribution in [3.63, 3.8) is 0 Å². The average molecular weight is 369 g/mol. The van der Waals surface area contributed by atoms with E-state index in [1.165, 1.54) is 0 Å². The molecule has 0 bridgehead atoms. The maximum absolute atomic E-state index is 13.1. The third-order valence-corrected chi connectivity index (χ3v) is 4.58. The Morgan fingerprint density at radius 3 is 2.38 bits per heavy atom. The molecule has 0 aliphatic carbocycles. The van der Waals surface area contributed by atoms with Crippen LogP contribution in [0.2, 0.25) is 0 Å². The Bertz CT molecular complexity index is 814. The number of rotatable bonds is 5. The maximum atomic E-state index is 13.1. The molecule has 7 heteroatoms. The van der Waals surface area contributed by atoms with Crippen molar-refractivity contribution in [3.05, 3.63) is 66.2 Å². The third-order valence-electron chi connectivity index (χ3n) is 4.18. The molecule has 0 atom stereocenters. The van der Waals surface area contributed by atoms with Gasteiger partial charge in [-0.25, -0.2) is 0 Å². The number of carboxylic acid groups (broad SMARTS) is 1. The summed E-state index contributed by atoms with van der Waals surface area (Å²) < 4.78 is 0. The fourth-order valence-corrected chi connectivity index (χ4v) is 3.30. The van der Waals surface area contributed by atoms with Gasteiger partial charge in [0.15, 0.2) is 5.11 Å². The number of hydrogen-bond acceptors (Lipinski definition) is 4. The summed E-state index contributed by atoms with van der Waals surface area (Å²) in [6.07, 6.45) is 7.23. The van der Waals surface area contributed by atoms with Crippen LogP contribution in [0, 0.1) is 0 Å². The number of carboxylic acids is 1. The first-order chi connectivity index (χ1) is 12.5. The monoisotopic (exact) mass is 369 g/mol. The van der Waals surface area contributed by atoms with Crippen LogP contribution in [-0.2, 0) is 9.59 Å². The Morgan fingerprint density at radius 1 is 1.15 bits per heavy atom. The molecular formula is C19H19N3O3S. The Labute approximate surface area is 157 Å². The normalized spacial score (nSPS) is 16.9. The molecule has 2 aliphatic rings. The van der Waals surface area contributed by atoms with Crippen LogP contribution in [0.15, 0.2) is 66.2 Å². The summed E-state index contributed by atoms with van der Waals surface area (Å²) in [5.41, 5.74) is 2.03. The predicted molar refractivity (Wildman–Crippen MR) is 103 cm³/mol. The molecule has 26 heavy (non-hydrogen) atoms. The van der Waals surface area contributed by atoms with E-state index in [1.54, 1.807) is 22.2 Å². The van der Waals surface area contributed by atoms with Crippen LogP contribution in [0.5, 0.6) is 0 Å². The lowest BCUT2D eigenvalue weighted by Crippen LogP contribution is -2.32. The van der Waals surface area contributed by atoms with Gasteiger partial charge in [-0.15, -0.1) is 0 Å². The van der Waals surface area contributed by atoms with Gasteiger partial charge in [0.25, 0.3) is 5.91 Å². The average Bonchev–Trinajstić information content (AvgIpc) is 2.90. The lowest BCUT2D eigenvalue weighted by molar-refractivity contribution is -0.137. The van der Waals surface area contributed by atoms with E-state index < -0.39 is 5.97 Å². The molecule has 1 N–H and O–H groups in total. The van der Waals surface area contributed by atoms with Crippen LogP contribution in [0.3, 0.4) is 0 Å². The SMILES string of the molecule is CCN1C(=S)N(c2ccccc2)C(=O)C1=C1C=CN(CCC(=O)O)C=C1. The van der Waals surface area contributed by atoms with Crippen molar-refractivity contribution in [3.8, 4) is 0 Å². The highest BCUT2D eigenvalue weighted by Gasteiger charge is 2.39. The predicted octanol–water partition coefficient (Wildman–Crippen LogP) is 2.71. The summed E-state index contributed by atoms with van der Waals surface area (Å²) in [4.78, 5) is 28.9. The first-order valence-electron chi connectivity index (χ1n) is 8.32. The third kappa shape index (κ3) is 3.39. The molecule has 3 rings (SSSR count). The van der Waals surface area contributed by atoms with Crippen molar-refractivity contribution in [1.82, 2.24) is 9.80 Å². The molecule has 2 aliphatic heterocycles. The second-order valence-electron chi connectivity index (χ2n) is 5.82. The zero-order valence-corrected chi connectivity index (χ0v) is 15.1. The lowest BCUT2D eigenvalue weighted by Gasteiger charge is -2.21. The van der Waals surface area contributed by atoms with E-state index in [0.29, 0.717) is 23.9 Å². The van der Waals surface area contributed by atoms with Crippen LogP contribution in [0.25, 0.3) is 0 Å². The molecule has 0 spiro atoms. The minimum Gasteiger partial charge on any atom is -0.481 e. The zero-order chi connectivity index (χ0) is 18.7. The summed E-state index contributed by atoms with van der Waals surface area (Å²) in [6.45, 7) is 2.91.